The standard InChI is InChI=1S/C16H20ClN3OS/c1-11-18-19-13(22-11)10-20(12-8-6-5-7-9-12)15(21)14(17)16(2,3)4/h5-9,14H,10H2,1-4H3. The Balaban J connectivity index is 2.31. The molecule has 1 aromatic heterocycles. The van der Waals surface area contributed by atoms with E-state index in [4.69, 9.17) is 11.6 Å². The lowest BCUT2D eigenvalue weighted by Crippen LogP contribution is -2.42. The second-order valence-electron chi connectivity index (χ2n) is 6.20. The zero-order chi connectivity index (χ0) is 16.3. The zero-order valence-corrected chi connectivity index (χ0v) is 14.8. The number of hydrogen-bond acceptors (Lipinski definition) is 4. The number of halogens is 1. The molecular weight excluding hydrogens is 318 g/mol. The van der Waals surface area contributed by atoms with Gasteiger partial charge < -0.3 is 4.90 Å². The van der Waals surface area contributed by atoms with E-state index in [1.54, 1.807) is 4.90 Å². The molecule has 0 aliphatic heterocycles. The molecule has 1 atom stereocenters. The number of alkyl halides is 1. The van der Waals surface area contributed by atoms with Crippen molar-refractivity contribution in [1.29, 1.82) is 0 Å². The van der Waals surface area contributed by atoms with E-state index in [-0.39, 0.29) is 11.3 Å². The summed E-state index contributed by atoms with van der Waals surface area (Å²) in [6.45, 7) is 8.16. The van der Waals surface area contributed by atoms with Gasteiger partial charge in [0.15, 0.2) is 0 Å². The van der Waals surface area contributed by atoms with Gasteiger partial charge in [-0.2, -0.15) is 0 Å². The molecule has 1 amide bonds. The molecule has 1 heterocycles. The second kappa shape index (κ2) is 6.75. The molecule has 0 spiro atoms. The van der Waals surface area contributed by atoms with Gasteiger partial charge in [-0.05, 0) is 24.5 Å². The van der Waals surface area contributed by atoms with E-state index in [1.165, 1.54) is 11.3 Å². The van der Waals surface area contributed by atoms with Crippen molar-refractivity contribution in [2.75, 3.05) is 4.90 Å². The molecule has 0 N–H and O–H groups in total. The lowest BCUT2D eigenvalue weighted by Gasteiger charge is -2.30. The fourth-order valence-corrected chi connectivity index (χ4v) is 2.76. The van der Waals surface area contributed by atoms with Crippen LogP contribution in [0.1, 0.15) is 30.8 Å². The number of nitrogens with zero attached hydrogens (tertiary/aromatic N) is 3. The molecule has 0 aliphatic carbocycles. The van der Waals surface area contributed by atoms with Crippen molar-refractivity contribution in [1.82, 2.24) is 10.2 Å². The van der Waals surface area contributed by atoms with Gasteiger partial charge in [-0.3, -0.25) is 4.79 Å². The molecule has 118 valence electrons. The van der Waals surface area contributed by atoms with Crippen LogP contribution in [0.5, 0.6) is 0 Å². The quantitative estimate of drug-likeness (QED) is 0.791. The summed E-state index contributed by atoms with van der Waals surface area (Å²) in [5.74, 6) is -0.117. The van der Waals surface area contributed by atoms with E-state index in [2.05, 4.69) is 10.2 Å². The van der Waals surface area contributed by atoms with E-state index in [9.17, 15) is 4.79 Å². The highest BCUT2D eigenvalue weighted by Gasteiger charge is 2.33. The van der Waals surface area contributed by atoms with Crippen LogP contribution in [0.3, 0.4) is 0 Å². The Hall–Kier alpha value is -1.46. The Morgan fingerprint density at radius 3 is 2.41 bits per heavy atom. The monoisotopic (exact) mass is 337 g/mol. The van der Waals surface area contributed by atoms with Crippen molar-refractivity contribution in [3.8, 4) is 0 Å². The van der Waals surface area contributed by atoms with Crippen LogP contribution in [0, 0.1) is 12.3 Å². The van der Waals surface area contributed by atoms with Gasteiger partial charge in [0.25, 0.3) is 0 Å². The molecule has 22 heavy (non-hydrogen) atoms. The Labute approximate surface area is 140 Å². The fraction of sp³-hybridized carbons (Fsp3) is 0.438. The van der Waals surface area contributed by atoms with Gasteiger partial charge in [0, 0.05) is 5.69 Å². The molecule has 2 rings (SSSR count). The van der Waals surface area contributed by atoms with Gasteiger partial charge in [-0.1, -0.05) is 50.3 Å². The van der Waals surface area contributed by atoms with E-state index < -0.39 is 5.38 Å². The summed E-state index contributed by atoms with van der Waals surface area (Å²) in [5.41, 5.74) is 0.498. The molecule has 0 bridgehead atoms. The van der Waals surface area contributed by atoms with Crippen LogP contribution in [0.25, 0.3) is 0 Å². The molecule has 1 unspecified atom stereocenters. The minimum Gasteiger partial charge on any atom is -0.304 e. The van der Waals surface area contributed by atoms with E-state index >= 15 is 0 Å². The summed E-state index contributed by atoms with van der Waals surface area (Å²) in [5, 5.41) is 9.20. The molecule has 0 aliphatic rings. The fourth-order valence-electron chi connectivity index (χ4n) is 1.95. The molecular formula is C16H20ClN3OS. The Morgan fingerprint density at radius 2 is 1.91 bits per heavy atom. The predicted molar refractivity (Wildman–Crippen MR) is 91.4 cm³/mol. The van der Waals surface area contributed by atoms with E-state index in [1.807, 2.05) is 58.0 Å². The first kappa shape index (κ1) is 16.9. The third kappa shape index (κ3) is 4.05. The molecule has 4 nitrogen and oxygen atoms in total. The van der Waals surface area contributed by atoms with Crippen LogP contribution in [-0.2, 0) is 11.3 Å². The average molecular weight is 338 g/mol. The summed E-state index contributed by atoms with van der Waals surface area (Å²) in [6.07, 6.45) is 0. The average Bonchev–Trinajstić information content (AvgIpc) is 2.88. The molecule has 0 saturated heterocycles. The van der Waals surface area contributed by atoms with Gasteiger partial charge in [0.05, 0.1) is 6.54 Å². The highest BCUT2D eigenvalue weighted by atomic mass is 35.5. The maximum absolute atomic E-state index is 12.9. The van der Waals surface area contributed by atoms with Crippen LogP contribution in [0.4, 0.5) is 5.69 Å². The van der Waals surface area contributed by atoms with Crippen molar-refractivity contribution in [2.45, 2.75) is 39.6 Å². The highest BCUT2D eigenvalue weighted by molar-refractivity contribution is 7.11. The van der Waals surface area contributed by atoms with Crippen LogP contribution >= 0.6 is 22.9 Å². The summed E-state index contributed by atoms with van der Waals surface area (Å²) in [7, 11) is 0. The molecule has 0 radical (unpaired) electrons. The van der Waals surface area contributed by atoms with Crippen molar-refractivity contribution < 1.29 is 4.79 Å². The van der Waals surface area contributed by atoms with Crippen molar-refractivity contribution in [3.05, 3.63) is 40.3 Å². The van der Waals surface area contributed by atoms with Crippen LogP contribution in [0.2, 0.25) is 0 Å². The van der Waals surface area contributed by atoms with Gasteiger partial charge in [-0.15, -0.1) is 21.8 Å². The van der Waals surface area contributed by atoms with Gasteiger partial charge in [0.1, 0.15) is 15.4 Å². The number of aromatic nitrogens is 2. The Morgan fingerprint density at radius 1 is 1.27 bits per heavy atom. The van der Waals surface area contributed by atoms with Crippen molar-refractivity contribution >= 4 is 34.5 Å². The third-order valence-corrected chi connectivity index (χ3v) is 4.84. The summed E-state index contributed by atoms with van der Waals surface area (Å²) in [4.78, 5) is 14.5. The number of benzene rings is 1. The van der Waals surface area contributed by atoms with Crippen LogP contribution in [-0.4, -0.2) is 21.5 Å². The first-order valence-electron chi connectivity index (χ1n) is 7.08. The van der Waals surface area contributed by atoms with Gasteiger partial charge in [-0.25, -0.2) is 0 Å². The van der Waals surface area contributed by atoms with E-state index in [0.29, 0.717) is 6.54 Å². The maximum Gasteiger partial charge on any atom is 0.245 e. The summed E-state index contributed by atoms with van der Waals surface area (Å²) < 4.78 is 0. The minimum absolute atomic E-state index is 0.117. The van der Waals surface area contributed by atoms with Crippen LogP contribution < -0.4 is 4.90 Å². The highest BCUT2D eigenvalue weighted by Crippen LogP contribution is 2.29. The number of rotatable bonds is 4. The van der Waals surface area contributed by atoms with Gasteiger partial charge in [0.2, 0.25) is 5.91 Å². The van der Waals surface area contributed by atoms with Gasteiger partial charge >= 0.3 is 0 Å². The lowest BCUT2D eigenvalue weighted by atomic mass is 9.91. The van der Waals surface area contributed by atoms with Crippen LogP contribution in [0.15, 0.2) is 30.3 Å². The van der Waals surface area contributed by atoms with Crippen molar-refractivity contribution in [3.63, 3.8) is 0 Å². The zero-order valence-electron chi connectivity index (χ0n) is 13.2. The largest absolute Gasteiger partial charge is 0.304 e. The minimum atomic E-state index is -0.610. The normalized spacial score (nSPS) is 13.0. The Kier molecular flexibility index (Phi) is 5.19. The SMILES string of the molecule is Cc1nnc(CN(C(=O)C(Cl)C(C)(C)C)c2ccccc2)s1. The first-order chi connectivity index (χ1) is 10.3. The molecule has 6 heteroatoms. The Bertz CT molecular complexity index is 636. The molecule has 0 saturated carbocycles. The lowest BCUT2D eigenvalue weighted by molar-refractivity contribution is -0.120. The second-order valence-corrected chi connectivity index (χ2v) is 7.91. The number of aryl methyl sites for hydroxylation is 1. The molecule has 0 fully saturated rings. The molecule has 1 aromatic carbocycles. The first-order valence-corrected chi connectivity index (χ1v) is 8.34. The van der Waals surface area contributed by atoms with Crippen molar-refractivity contribution in [2.24, 2.45) is 5.41 Å². The topological polar surface area (TPSA) is 46.1 Å². The summed E-state index contributed by atoms with van der Waals surface area (Å²) in [6, 6.07) is 9.53. The maximum atomic E-state index is 12.9. The third-order valence-electron chi connectivity index (χ3n) is 3.17. The summed E-state index contributed by atoms with van der Waals surface area (Å²) >= 11 is 7.89. The number of carbonyl (C=O) groups is 1. The predicted octanol–water partition coefficient (Wildman–Crippen LogP) is 4.03. The number of carbonyl (C=O) groups excluding carboxylic acids is 1. The molecule has 2 aromatic rings. The smallest absolute Gasteiger partial charge is 0.245 e. The number of amides is 1. The number of hydrogen-bond donors (Lipinski definition) is 0. The van der Waals surface area contributed by atoms with E-state index in [0.717, 1.165) is 15.7 Å². The number of para-hydroxylation sites is 1. The number of anilines is 1.